The number of halogens is 2. The first-order chi connectivity index (χ1) is 11.6. The van der Waals surface area contributed by atoms with Gasteiger partial charge in [-0.05, 0) is 24.3 Å². The van der Waals surface area contributed by atoms with Crippen LogP contribution in [0.1, 0.15) is 10.4 Å². The second-order valence-electron chi connectivity index (χ2n) is 4.95. The number of rotatable bonds is 4. The maximum atomic E-state index is 13.6. The average Bonchev–Trinajstić information content (AvgIpc) is 3.03. The van der Waals surface area contributed by atoms with Crippen molar-refractivity contribution < 1.29 is 18.3 Å². The number of para-hydroxylation sites is 1. The molecule has 0 spiro atoms. The predicted octanol–water partition coefficient (Wildman–Crippen LogP) is 3.62. The smallest absolute Gasteiger partial charge is 0.259 e. The minimum absolute atomic E-state index is 0.213. The zero-order valence-corrected chi connectivity index (χ0v) is 12.6. The predicted molar refractivity (Wildman–Crippen MR) is 84.9 cm³/mol. The van der Waals surface area contributed by atoms with E-state index in [-0.39, 0.29) is 11.4 Å². The second kappa shape index (κ2) is 6.49. The second-order valence-corrected chi connectivity index (χ2v) is 4.95. The van der Waals surface area contributed by atoms with Gasteiger partial charge in [-0.25, -0.2) is 8.78 Å². The summed E-state index contributed by atoms with van der Waals surface area (Å²) in [6.45, 7) is 0. The van der Waals surface area contributed by atoms with E-state index in [1.807, 2.05) is 18.2 Å². The van der Waals surface area contributed by atoms with Gasteiger partial charge in [-0.15, -0.1) is 0 Å². The summed E-state index contributed by atoms with van der Waals surface area (Å²) >= 11 is 0. The Balaban J connectivity index is 1.82. The summed E-state index contributed by atoms with van der Waals surface area (Å²) in [5.41, 5.74) is 1.13. The number of carbonyl (C=O) groups is 1. The van der Waals surface area contributed by atoms with Gasteiger partial charge < -0.3 is 10.1 Å². The van der Waals surface area contributed by atoms with Gasteiger partial charge in [0.25, 0.3) is 5.91 Å². The normalized spacial score (nSPS) is 10.5. The molecule has 5 nitrogen and oxygen atoms in total. The van der Waals surface area contributed by atoms with E-state index in [1.165, 1.54) is 0 Å². The minimum atomic E-state index is -0.937. The first-order valence-electron chi connectivity index (χ1n) is 7.03. The number of aromatic nitrogens is 2. The van der Waals surface area contributed by atoms with E-state index in [4.69, 9.17) is 4.74 Å². The fraction of sp³-hybridized carbons (Fsp3) is 0.0588. The summed E-state index contributed by atoms with van der Waals surface area (Å²) in [6.07, 6.45) is 0. The Labute approximate surface area is 136 Å². The van der Waals surface area contributed by atoms with Gasteiger partial charge in [-0.3, -0.25) is 9.89 Å². The summed E-state index contributed by atoms with van der Waals surface area (Å²) < 4.78 is 31.8. The lowest BCUT2D eigenvalue weighted by atomic mass is 10.1. The Morgan fingerprint density at radius 1 is 1.17 bits per heavy atom. The fourth-order valence-corrected chi connectivity index (χ4v) is 2.25. The Morgan fingerprint density at radius 2 is 1.96 bits per heavy atom. The van der Waals surface area contributed by atoms with Crippen LogP contribution in [0.2, 0.25) is 0 Å². The summed E-state index contributed by atoms with van der Waals surface area (Å²) in [4.78, 5) is 12.1. The number of nitrogens with one attached hydrogen (secondary N) is 2. The standard InChI is InChI=1S/C17H13F2N3O2/c1-24-15-5-3-2-4-12(15)14-9-16(22-21-14)20-17(23)11-7-6-10(18)8-13(11)19/h2-9H,1H3,(H2,20,21,22,23). The molecule has 3 aromatic rings. The lowest BCUT2D eigenvalue weighted by Gasteiger charge is -2.05. The largest absolute Gasteiger partial charge is 0.496 e. The van der Waals surface area contributed by atoms with Crippen molar-refractivity contribution in [1.82, 2.24) is 10.2 Å². The quantitative estimate of drug-likeness (QED) is 0.768. The SMILES string of the molecule is COc1ccccc1-c1cc(NC(=O)c2ccc(F)cc2F)n[nH]1. The summed E-state index contributed by atoms with van der Waals surface area (Å²) in [6, 6.07) is 11.6. The van der Waals surface area contributed by atoms with E-state index in [1.54, 1.807) is 19.2 Å². The van der Waals surface area contributed by atoms with Gasteiger partial charge in [0, 0.05) is 17.7 Å². The minimum Gasteiger partial charge on any atom is -0.496 e. The number of hydrogen-bond acceptors (Lipinski definition) is 3. The van der Waals surface area contributed by atoms with Crippen molar-refractivity contribution in [2.45, 2.75) is 0 Å². The lowest BCUT2D eigenvalue weighted by molar-refractivity contribution is 0.102. The van der Waals surface area contributed by atoms with Crippen molar-refractivity contribution in [3.63, 3.8) is 0 Å². The number of aromatic amines is 1. The zero-order valence-electron chi connectivity index (χ0n) is 12.6. The highest BCUT2D eigenvalue weighted by Crippen LogP contribution is 2.29. The van der Waals surface area contributed by atoms with Crippen molar-refractivity contribution in [2.24, 2.45) is 0 Å². The number of anilines is 1. The highest BCUT2D eigenvalue weighted by molar-refractivity contribution is 6.04. The van der Waals surface area contributed by atoms with Crippen molar-refractivity contribution in [3.05, 3.63) is 65.7 Å². The molecule has 0 fully saturated rings. The molecule has 1 heterocycles. The molecular weight excluding hydrogens is 316 g/mol. The Morgan fingerprint density at radius 3 is 2.71 bits per heavy atom. The van der Waals surface area contributed by atoms with Gasteiger partial charge in [0.05, 0.1) is 18.4 Å². The third kappa shape index (κ3) is 3.10. The first-order valence-corrected chi connectivity index (χ1v) is 7.03. The molecule has 0 aliphatic heterocycles. The van der Waals surface area contributed by atoms with E-state index < -0.39 is 17.5 Å². The Hall–Kier alpha value is -3.22. The average molecular weight is 329 g/mol. The van der Waals surface area contributed by atoms with Crippen LogP contribution in [0.5, 0.6) is 5.75 Å². The summed E-state index contributed by atoms with van der Waals surface area (Å²) in [5, 5.41) is 9.21. The van der Waals surface area contributed by atoms with Gasteiger partial charge in [0.2, 0.25) is 0 Å². The van der Waals surface area contributed by atoms with Crippen molar-refractivity contribution >= 4 is 11.7 Å². The number of carbonyl (C=O) groups excluding carboxylic acids is 1. The number of ether oxygens (including phenoxy) is 1. The number of hydrogen-bond donors (Lipinski definition) is 2. The number of benzene rings is 2. The molecule has 0 atom stereocenters. The highest BCUT2D eigenvalue weighted by Gasteiger charge is 2.15. The molecule has 0 saturated carbocycles. The number of H-pyrrole nitrogens is 1. The molecule has 0 aliphatic rings. The molecule has 0 unspecified atom stereocenters. The monoisotopic (exact) mass is 329 g/mol. The maximum Gasteiger partial charge on any atom is 0.259 e. The number of methoxy groups -OCH3 is 1. The molecule has 24 heavy (non-hydrogen) atoms. The third-order valence-electron chi connectivity index (χ3n) is 3.39. The molecule has 0 radical (unpaired) electrons. The molecule has 1 aromatic heterocycles. The molecule has 2 N–H and O–H groups in total. The van der Waals surface area contributed by atoms with E-state index in [2.05, 4.69) is 15.5 Å². The van der Waals surface area contributed by atoms with Gasteiger partial charge in [-0.1, -0.05) is 12.1 Å². The zero-order chi connectivity index (χ0) is 17.1. The van der Waals surface area contributed by atoms with Crippen LogP contribution in [0.4, 0.5) is 14.6 Å². The molecule has 0 saturated heterocycles. The molecule has 2 aromatic carbocycles. The van der Waals surface area contributed by atoms with Crippen LogP contribution in [0.15, 0.2) is 48.5 Å². The van der Waals surface area contributed by atoms with Crippen LogP contribution in [-0.4, -0.2) is 23.2 Å². The molecule has 3 rings (SSSR count). The van der Waals surface area contributed by atoms with Crippen molar-refractivity contribution in [2.75, 3.05) is 12.4 Å². The van der Waals surface area contributed by atoms with E-state index in [0.717, 1.165) is 17.7 Å². The van der Waals surface area contributed by atoms with Crippen LogP contribution >= 0.6 is 0 Å². The van der Waals surface area contributed by atoms with Crippen LogP contribution in [0.25, 0.3) is 11.3 Å². The molecule has 1 amide bonds. The summed E-state index contributed by atoms with van der Waals surface area (Å²) in [7, 11) is 1.55. The van der Waals surface area contributed by atoms with Crippen molar-refractivity contribution in [1.29, 1.82) is 0 Å². The van der Waals surface area contributed by atoms with Gasteiger partial charge >= 0.3 is 0 Å². The number of nitrogens with zero attached hydrogens (tertiary/aromatic N) is 1. The first kappa shape index (κ1) is 15.7. The number of amides is 1. The van der Waals surface area contributed by atoms with E-state index in [9.17, 15) is 13.6 Å². The van der Waals surface area contributed by atoms with Crippen LogP contribution in [0, 0.1) is 11.6 Å². The van der Waals surface area contributed by atoms with Crippen LogP contribution < -0.4 is 10.1 Å². The van der Waals surface area contributed by atoms with Gasteiger partial charge in [0.15, 0.2) is 5.82 Å². The summed E-state index contributed by atoms with van der Waals surface area (Å²) in [5.74, 6) is -1.55. The Bertz CT molecular complexity index is 893. The van der Waals surface area contributed by atoms with Gasteiger partial charge in [0.1, 0.15) is 17.4 Å². The van der Waals surface area contributed by atoms with E-state index >= 15 is 0 Å². The maximum absolute atomic E-state index is 13.6. The molecular formula is C17H13F2N3O2. The van der Waals surface area contributed by atoms with Crippen LogP contribution in [0.3, 0.4) is 0 Å². The molecule has 0 bridgehead atoms. The Kier molecular flexibility index (Phi) is 4.24. The fourth-order valence-electron chi connectivity index (χ4n) is 2.25. The third-order valence-corrected chi connectivity index (χ3v) is 3.39. The molecule has 122 valence electrons. The van der Waals surface area contributed by atoms with Crippen molar-refractivity contribution in [3.8, 4) is 17.0 Å². The molecule has 7 heteroatoms. The highest BCUT2D eigenvalue weighted by atomic mass is 19.1. The van der Waals surface area contributed by atoms with Gasteiger partial charge in [-0.2, -0.15) is 5.10 Å². The van der Waals surface area contributed by atoms with Crippen LogP contribution in [-0.2, 0) is 0 Å². The lowest BCUT2D eigenvalue weighted by Crippen LogP contribution is -2.14. The topological polar surface area (TPSA) is 67.0 Å². The van der Waals surface area contributed by atoms with E-state index in [0.29, 0.717) is 17.5 Å². The molecule has 0 aliphatic carbocycles.